The summed E-state index contributed by atoms with van der Waals surface area (Å²) in [7, 11) is 0. The first-order chi connectivity index (χ1) is 37.5. The summed E-state index contributed by atoms with van der Waals surface area (Å²) in [5.74, 6) is -0.0383. The van der Waals surface area contributed by atoms with Crippen LogP contribution in [0.15, 0.2) is 12.2 Å². The van der Waals surface area contributed by atoms with Crippen LogP contribution in [0.3, 0.4) is 0 Å². The molecule has 0 rings (SSSR count). The van der Waals surface area contributed by atoms with Gasteiger partial charge in [-0.25, -0.2) is 0 Å². The predicted octanol–water partition coefficient (Wildman–Crippen LogP) is 22.4. The number of amides is 1. The summed E-state index contributed by atoms with van der Waals surface area (Å²) in [4.78, 5) is 24.5. The average molecular weight is 1070 g/mol. The zero-order valence-electron chi connectivity index (χ0n) is 51.8. The van der Waals surface area contributed by atoms with Crippen LogP contribution in [0.5, 0.6) is 0 Å². The number of carbonyl (C=O) groups is 2. The van der Waals surface area contributed by atoms with Crippen LogP contribution in [0.2, 0.25) is 0 Å². The molecule has 0 saturated heterocycles. The maximum atomic E-state index is 12.4. The fourth-order valence-electron chi connectivity index (χ4n) is 11.2. The third kappa shape index (κ3) is 61.8. The minimum absolute atomic E-state index is 0.0250. The number of unbranched alkanes of at least 4 members (excludes halogenated alkanes) is 55. The van der Waals surface area contributed by atoms with Crippen LogP contribution in [0.4, 0.5) is 0 Å². The highest BCUT2D eigenvalue weighted by atomic mass is 16.5. The van der Waals surface area contributed by atoms with Gasteiger partial charge < -0.3 is 20.3 Å². The van der Waals surface area contributed by atoms with Crippen LogP contribution in [0.1, 0.15) is 399 Å². The maximum Gasteiger partial charge on any atom is 0.305 e. The van der Waals surface area contributed by atoms with Crippen LogP contribution in [0.25, 0.3) is 0 Å². The van der Waals surface area contributed by atoms with Crippen molar-refractivity contribution in [3.63, 3.8) is 0 Å². The molecule has 6 heteroatoms. The molecule has 0 spiro atoms. The summed E-state index contributed by atoms with van der Waals surface area (Å²) in [5, 5.41) is 23.1. The molecule has 0 heterocycles. The van der Waals surface area contributed by atoms with Crippen molar-refractivity contribution in [3.05, 3.63) is 12.2 Å². The summed E-state index contributed by atoms with van der Waals surface area (Å²) in [5.41, 5.74) is 0. The number of rotatable bonds is 66. The van der Waals surface area contributed by atoms with Gasteiger partial charge in [0.05, 0.1) is 25.4 Å². The highest BCUT2D eigenvalue weighted by molar-refractivity contribution is 5.76. The second-order valence-electron chi connectivity index (χ2n) is 24.2. The molecule has 0 bridgehead atoms. The number of ether oxygens (including phenoxy) is 1. The first kappa shape index (κ1) is 74.6. The minimum atomic E-state index is -0.839. The second kappa shape index (κ2) is 66.1. The van der Waals surface area contributed by atoms with Gasteiger partial charge in [0.25, 0.3) is 0 Å². The molecule has 0 radical (unpaired) electrons. The Kier molecular flexibility index (Phi) is 64.9. The molecule has 0 aromatic heterocycles. The lowest BCUT2D eigenvalue weighted by Gasteiger charge is -2.20. The van der Waals surface area contributed by atoms with Crippen LogP contribution < -0.4 is 5.32 Å². The Morgan fingerprint density at radius 1 is 0.355 bits per heavy atom. The molecule has 1 amide bonds. The number of esters is 1. The van der Waals surface area contributed by atoms with Gasteiger partial charge in [0.1, 0.15) is 0 Å². The van der Waals surface area contributed by atoms with E-state index in [0.29, 0.717) is 19.4 Å². The molecule has 452 valence electrons. The molecule has 0 aliphatic carbocycles. The van der Waals surface area contributed by atoms with Gasteiger partial charge in [0.15, 0.2) is 0 Å². The third-order valence-electron chi connectivity index (χ3n) is 16.6. The van der Waals surface area contributed by atoms with Crippen LogP contribution in [-0.4, -0.2) is 47.4 Å². The average Bonchev–Trinajstić information content (AvgIpc) is 3.42. The molecule has 0 aromatic rings. The van der Waals surface area contributed by atoms with E-state index in [0.717, 1.165) is 38.5 Å². The standard InChI is InChI=1S/C70H137NO5/c1-3-5-7-9-11-13-15-16-17-18-34-37-40-44-48-52-56-60-64-70(75)76-65-61-57-53-49-45-41-38-35-32-30-28-26-24-22-20-19-21-23-25-27-29-31-33-36-39-43-47-51-55-59-63-69(74)71-67(66-72)68(73)62-58-54-50-46-42-14-12-10-8-6-4-2/h58,62,67-68,72-73H,3-57,59-61,63-66H2,1-2H3,(H,71,74)/b62-58+. The van der Waals surface area contributed by atoms with Gasteiger partial charge in [0, 0.05) is 12.8 Å². The highest BCUT2D eigenvalue weighted by Crippen LogP contribution is 2.19. The van der Waals surface area contributed by atoms with Crippen molar-refractivity contribution in [1.82, 2.24) is 5.32 Å². The molecular formula is C70H137NO5. The van der Waals surface area contributed by atoms with E-state index < -0.39 is 12.1 Å². The Labute approximate surface area is 476 Å². The van der Waals surface area contributed by atoms with Gasteiger partial charge >= 0.3 is 5.97 Å². The lowest BCUT2D eigenvalue weighted by Crippen LogP contribution is -2.45. The minimum Gasteiger partial charge on any atom is -0.466 e. The van der Waals surface area contributed by atoms with E-state index in [-0.39, 0.29) is 18.5 Å². The molecule has 0 fully saturated rings. The van der Waals surface area contributed by atoms with E-state index in [1.54, 1.807) is 6.08 Å². The molecule has 0 saturated carbocycles. The number of aliphatic hydroxyl groups excluding tert-OH is 2. The van der Waals surface area contributed by atoms with Crippen molar-refractivity contribution in [2.45, 2.75) is 411 Å². The Hall–Kier alpha value is -1.40. The number of hydrogen-bond donors (Lipinski definition) is 3. The maximum absolute atomic E-state index is 12.4. The number of hydrogen-bond acceptors (Lipinski definition) is 5. The van der Waals surface area contributed by atoms with Crippen LogP contribution >= 0.6 is 0 Å². The zero-order valence-corrected chi connectivity index (χ0v) is 51.8. The summed E-state index contributed by atoms with van der Waals surface area (Å²) in [6.45, 7) is 4.93. The van der Waals surface area contributed by atoms with E-state index in [9.17, 15) is 19.8 Å². The molecule has 3 N–H and O–H groups in total. The van der Waals surface area contributed by atoms with Gasteiger partial charge in [0.2, 0.25) is 5.91 Å². The van der Waals surface area contributed by atoms with Gasteiger partial charge in [-0.1, -0.05) is 366 Å². The number of nitrogens with one attached hydrogen (secondary N) is 1. The lowest BCUT2D eigenvalue weighted by atomic mass is 10.0. The lowest BCUT2D eigenvalue weighted by molar-refractivity contribution is -0.143. The fourth-order valence-corrected chi connectivity index (χ4v) is 11.2. The Balaban J connectivity index is 3.30. The van der Waals surface area contributed by atoms with E-state index in [1.165, 1.54) is 334 Å². The third-order valence-corrected chi connectivity index (χ3v) is 16.6. The Morgan fingerprint density at radius 2 is 0.605 bits per heavy atom. The predicted molar refractivity (Wildman–Crippen MR) is 333 cm³/mol. The van der Waals surface area contributed by atoms with Crippen molar-refractivity contribution in [2.24, 2.45) is 0 Å². The quantitative estimate of drug-likeness (QED) is 0.0320. The first-order valence-electron chi connectivity index (χ1n) is 35.0. The summed E-state index contributed by atoms with van der Waals surface area (Å²) in [6, 6.07) is -0.622. The van der Waals surface area contributed by atoms with Crippen molar-refractivity contribution >= 4 is 11.9 Å². The SMILES string of the molecule is CCCCCCCCCCC/C=C/C(O)C(CO)NC(=O)CCCCCCCCCCCCCCCCCCCCCCCCCCCCCCCCOC(=O)CCCCCCCCCCCCCCCCCCCC. The Morgan fingerprint density at radius 3 is 0.895 bits per heavy atom. The van der Waals surface area contributed by atoms with Crippen molar-refractivity contribution in [2.75, 3.05) is 13.2 Å². The second-order valence-corrected chi connectivity index (χ2v) is 24.2. The largest absolute Gasteiger partial charge is 0.466 e. The molecule has 0 aliphatic rings. The number of aliphatic hydroxyl groups is 2. The fraction of sp³-hybridized carbons (Fsp3) is 0.943. The monoisotopic (exact) mass is 1070 g/mol. The van der Waals surface area contributed by atoms with E-state index in [2.05, 4.69) is 19.2 Å². The molecule has 2 atom stereocenters. The van der Waals surface area contributed by atoms with Gasteiger partial charge in [-0.3, -0.25) is 9.59 Å². The van der Waals surface area contributed by atoms with E-state index >= 15 is 0 Å². The van der Waals surface area contributed by atoms with Gasteiger partial charge in [-0.2, -0.15) is 0 Å². The molecule has 76 heavy (non-hydrogen) atoms. The van der Waals surface area contributed by atoms with Crippen molar-refractivity contribution in [1.29, 1.82) is 0 Å². The van der Waals surface area contributed by atoms with Crippen molar-refractivity contribution in [3.8, 4) is 0 Å². The smallest absolute Gasteiger partial charge is 0.305 e. The first-order valence-corrected chi connectivity index (χ1v) is 35.0. The summed E-state index contributed by atoms with van der Waals surface area (Å²) < 4.78 is 5.51. The van der Waals surface area contributed by atoms with E-state index in [1.807, 2.05) is 6.08 Å². The van der Waals surface area contributed by atoms with Crippen LogP contribution in [-0.2, 0) is 14.3 Å². The van der Waals surface area contributed by atoms with E-state index in [4.69, 9.17) is 4.74 Å². The molecule has 0 aliphatic heterocycles. The van der Waals surface area contributed by atoms with Gasteiger partial charge in [-0.05, 0) is 32.1 Å². The van der Waals surface area contributed by atoms with Gasteiger partial charge in [-0.15, -0.1) is 0 Å². The molecule has 0 aromatic carbocycles. The number of allylic oxidation sites excluding steroid dienone is 1. The highest BCUT2D eigenvalue weighted by Gasteiger charge is 2.18. The Bertz CT molecular complexity index is 1140. The van der Waals surface area contributed by atoms with Crippen molar-refractivity contribution < 1.29 is 24.5 Å². The normalized spacial score (nSPS) is 12.5. The summed E-state index contributed by atoms with van der Waals surface area (Å²) in [6.07, 6.45) is 81.6. The molecular weight excluding hydrogens is 935 g/mol. The molecule has 6 nitrogen and oxygen atoms in total. The number of carbonyl (C=O) groups excluding carboxylic acids is 2. The van der Waals surface area contributed by atoms with Crippen LogP contribution in [0, 0.1) is 0 Å². The summed E-state index contributed by atoms with van der Waals surface area (Å²) >= 11 is 0. The zero-order chi connectivity index (χ0) is 55.0. The topological polar surface area (TPSA) is 95.9 Å². The molecule has 2 unspecified atom stereocenters.